The zero-order valence-corrected chi connectivity index (χ0v) is 20.2. The molecule has 1 fully saturated rings. The summed E-state index contributed by atoms with van der Waals surface area (Å²) in [6.45, 7) is 1.85. The molecule has 3 aromatic rings. The molecule has 7 heteroatoms. The highest BCUT2D eigenvalue weighted by Gasteiger charge is 2.53. The summed E-state index contributed by atoms with van der Waals surface area (Å²) in [6.07, 6.45) is -6.59. The van der Waals surface area contributed by atoms with E-state index in [2.05, 4.69) is 0 Å². The monoisotopic (exact) mass is 493 g/mol. The molecule has 2 N–H and O–H groups in total. The zero-order chi connectivity index (χ0) is 25.3. The number of aliphatic hydroxyl groups excluding tert-OH is 2. The Morgan fingerprint density at radius 2 is 0.917 bits per heavy atom. The maximum Gasteiger partial charge on any atom is 0.303 e. The Balaban J connectivity index is 1.60. The lowest BCUT2D eigenvalue weighted by Gasteiger charge is -2.46. The second kappa shape index (κ2) is 12.8. The molecule has 0 radical (unpaired) electrons. The molecule has 1 aliphatic rings. The molecule has 6 atom stereocenters. The van der Waals surface area contributed by atoms with Crippen molar-refractivity contribution in [3.05, 3.63) is 108 Å². The maximum atomic E-state index is 11.8. The van der Waals surface area contributed by atoms with Crippen LogP contribution >= 0.6 is 0 Å². The molecule has 0 saturated heterocycles. The molecule has 2 unspecified atom stereocenters. The van der Waals surface area contributed by atoms with Crippen molar-refractivity contribution in [2.75, 3.05) is 0 Å². The molecule has 4 rings (SSSR count). The van der Waals surface area contributed by atoms with E-state index in [0.717, 1.165) is 16.7 Å². The van der Waals surface area contributed by atoms with Crippen LogP contribution in [-0.4, -0.2) is 52.8 Å². The molecule has 0 aromatic heterocycles. The molecule has 1 aliphatic carbocycles. The molecule has 0 heterocycles. The number of carbonyl (C=O) groups is 1. The Morgan fingerprint density at radius 3 is 1.25 bits per heavy atom. The van der Waals surface area contributed by atoms with Crippen LogP contribution in [0.3, 0.4) is 0 Å². The first-order valence-corrected chi connectivity index (χ1v) is 12.0. The highest BCUT2D eigenvalue weighted by atomic mass is 16.6. The number of aliphatic hydroxyl groups is 2. The van der Waals surface area contributed by atoms with Gasteiger partial charge < -0.3 is 29.2 Å². The van der Waals surface area contributed by atoms with Crippen molar-refractivity contribution >= 4 is 5.97 Å². The van der Waals surface area contributed by atoms with Crippen LogP contribution in [0.5, 0.6) is 0 Å². The Hall–Kier alpha value is -3.07. The van der Waals surface area contributed by atoms with Gasteiger partial charge >= 0.3 is 5.97 Å². The summed E-state index contributed by atoms with van der Waals surface area (Å²) in [5.74, 6) is -0.620. The van der Waals surface area contributed by atoms with Gasteiger partial charge in [0.25, 0.3) is 0 Å². The van der Waals surface area contributed by atoms with Gasteiger partial charge in [0.15, 0.2) is 6.10 Å². The van der Waals surface area contributed by atoms with Gasteiger partial charge in [-0.3, -0.25) is 4.79 Å². The third-order valence-corrected chi connectivity index (χ3v) is 6.15. The lowest BCUT2D eigenvalue weighted by atomic mass is 9.94. The molecule has 0 aliphatic heterocycles. The number of esters is 1. The van der Waals surface area contributed by atoms with E-state index in [1.54, 1.807) is 0 Å². The summed E-state index contributed by atoms with van der Waals surface area (Å²) < 4.78 is 23.9. The summed E-state index contributed by atoms with van der Waals surface area (Å²) in [6, 6.07) is 28.7. The van der Waals surface area contributed by atoms with Crippen LogP contribution in [0.25, 0.3) is 0 Å². The average molecular weight is 494 g/mol. The second-order valence-corrected chi connectivity index (χ2v) is 8.84. The van der Waals surface area contributed by atoms with Gasteiger partial charge in [-0.2, -0.15) is 0 Å². The lowest BCUT2D eigenvalue weighted by Crippen LogP contribution is -2.66. The van der Waals surface area contributed by atoms with Crippen LogP contribution < -0.4 is 0 Å². The summed E-state index contributed by atoms with van der Waals surface area (Å²) in [4.78, 5) is 11.8. The fourth-order valence-corrected chi connectivity index (χ4v) is 4.36. The van der Waals surface area contributed by atoms with Gasteiger partial charge in [0, 0.05) is 6.92 Å². The molecule has 0 bridgehead atoms. The third-order valence-electron chi connectivity index (χ3n) is 6.15. The van der Waals surface area contributed by atoms with Crippen molar-refractivity contribution < 1.29 is 34.0 Å². The minimum absolute atomic E-state index is 0.196. The molecule has 1 saturated carbocycles. The molecular formula is C29H32O7. The van der Waals surface area contributed by atoms with E-state index in [0.29, 0.717) is 0 Å². The molecule has 0 amide bonds. The van der Waals surface area contributed by atoms with Crippen molar-refractivity contribution in [3.63, 3.8) is 0 Å². The molecule has 3 aromatic carbocycles. The predicted molar refractivity (Wildman–Crippen MR) is 133 cm³/mol. The fourth-order valence-electron chi connectivity index (χ4n) is 4.36. The highest BCUT2D eigenvalue weighted by molar-refractivity contribution is 5.66. The highest BCUT2D eigenvalue weighted by Crippen LogP contribution is 2.32. The lowest BCUT2D eigenvalue weighted by molar-refractivity contribution is -0.267. The number of benzene rings is 3. The number of ether oxygens (including phenoxy) is 4. The van der Waals surface area contributed by atoms with Crippen molar-refractivity contribution in [2.45, 2.75) is 63.4 Å². The van der Waals surface area contributed by atoms with Crippen LogP contribution in [0.15, 0.2) is 91.0 Å². The second-order valence-electron chi connectivity index (χ2n) is 8.84. The Labute approximate surface area is 211 Å². The molecule has 36 heavy (non-hydrogen) atoms. The number of rotatable bonds is 10. The van der Waals surface area contributed by atoms with E-state index < -0.39 is 42.6 Å². The molecule has 0 spiro atoms. The van der Waals surface area contributed by atoms with E-state index in [1.165, 1.54) is 6.92 Å². The SMILES string of the molecule is CC(=O)O[13CH]1[C@H](O)[C@H](OCc2ccccc2)C(OCc2ccccc2)[C@H](OCc2ccccc2)[C@H]1O. The van der Waals surface area contributed by atoms with Crippen LogP contribution in [0.1, 0.15) is 23.6 Å². The Morgan fingerprint density at radius 1 is 0.583 bits per heavy atom. The van der Waals surface area contributed by atoms with Crippen molar-refractivity contribution in [1.29, 1.82) is 0 Å². The number of carbonyl (C=O) groups excluding carboxylic acids is 1. The fraction of sp³-hybridized carbons (Fsp3) is 0.345. The smallest absolute Gasteiger partial charge is 0.303 e. The van der Waals surface area contributed by atoms with E-state index in [4.69, 9.17) is 18.9 Å². The van der Waals surface area contributed by atoms with Crippen molar-refractivity contribution in [1.82, 2.24) is 0 Å². The first kappa shape index (κ1) is 26.0. The van der Waals surface area contributed by atoms with Gasteiger partial charge in [-0.1, -0.05) is 91.0 Å². The van der Waals surface area contributed by atoms with Crippen LogP contribution in [0.4, 0.5) is 0 Å². The average Bonchev–Trinajstić information content (AvgIpc) is 2.90. The van der Waals surface area contributed by atoms with Crippen LogP contribution in [-0.2, 0) is 43.6 Å². The van der Waals surface area contributed by atoms with E-state index >= 15 is 0 Å². The molecular weight excluding hydrogens is 461 g/mol. The predicted octanol–water partition coefficient (Wildman–Crippen LogP) is 3.41. The zero-order valence-electron chi connectivity index (χ0n) is 20.2. The number of hydrogen-bond acceptors (Lipinski definition) is 7. The van der Waals surface area contributed by atoms with E-state index in [1.807, 2.05) is 91.0 Å². The summed E-state index contributed by atoms with van der Waals surface area (Å²) in [5.41, 5.74) is 2.74. The number of hydrogen-bond donors (Lipinski definition) is 2. The van der Waals surface area contributed by atoms with E-state index in [9.17, 15) is 15.0 Å². The van der Waals surface area contributed by atoms with Gasteiger partial charge in [-0.05, 0) is 16.7 Å². The summed E-state index contributed by atoms with van der Waals surface area (Å²) in [7, 11) is 0. The van der Waals surface area contributed by atoms with Crippen molar-refractivity contribution in [2.24, 2.45) is 0 Å². The summed E-state index contributed by atoms with van der Waals surface area (Å²) >= 11 is 0. The molecule has 7 nitrogen and oxygen atoms in total. The van der Waals surface area contributed by atoms with E-state index in [-0.39, 0.29) is 19.8 Å². The van der Waals surface area contributed by atoms with Crippen molar-refractivity contribution in [3.8, 4) is 0 Å². The van der Waals surface area contributed by atoms with Gasteiger partial charge in [0.1, 0.15) is 30.5 Å². The minimum atomic E-state index is -1.33. The molecule has 190 valence electrons. The van der Waals surface area contributed by atoms with Gasteiger partial charge in [-0.15, -0.1) is 0 Å². The quantitative estimate of drug-likeness (QED) is 0.330. The van der Waals surface area contributed by atoms with Gasteiger partial charge in [-0.25, -0.2) is 0 Å². The third kappa shape index (κ3) is 6.78. The maximum absolute atomic E-state index is 11.8. The minimum Gasteiger partial charge on any atom is -0.457 e. The topological polar surface area (TPSA) is 94.5 Å². The Kier molecular flexibility index (Phi) is 9.22. The first-order chi connectivity index (χ1) is 17.5. The largest absolute Gasteiger partial charge is 0.457 e. The van der Waals surface area contributed by atoms with Crippen LogP contribution in [0, 0.1) is 0 Å². The standard InChI is InChI=1S/C29H32O7/c1-20(30)36-26-24(31)27(33-17-21-11-5-2-6-12-21)29(35-19-23-15-9-4-10-16-23)28(25(26)32)34-18-22-13-7-3-8-14-22/h2-16,24-29,31-32H,17-19H2,1H3/t24-,25-,26?,27-,28+,29?/m0/s1/i26+1. The van der Waals surface area contributed by atoms with Gasteiger partial charge in [0.2, 0.25) is 0 Å². The van der Waals surface area contributed by atoms with Crippen LogP contribution in [0.2, 0.25) is 0 Å². The normalized spacial score (nSPS) is 25.9. The Bertz CT molecular complexity index is 1000. The summed E-state index contributed by atoms with van der Waals surface area (Å²) in [5, 5.41) is 22.4. The first-order valence-electron chi connectivity index (χ1n) is 12.0. The van der Waals surface area contributed by atoms with Gasteiger partial charge in [0.05, 0.1) is 19.8 Å².